The van der Waals surface area contributed by atoms with Crippen LogP contribution in [0.4, 0.5) is 0 Å². The molecule has 0 radical (unpaired) electrons. The minimum atomic E-state index is -0.784. The van der Waals surface area contributed by atoms with Gasteiger partial charge in [0, 0.05) is 31.8 Å². The first-order valence-electron chi connectivity index (χ1n) is 19.4. The summed E-state index contributed by atoms with van der Waals surface area (Å²) in [5.74, 6) is -0.502. The van der Waals surface area contributed by atoms with Gasteiger partial charge in [0.05, 0.1) is 30.5 Å². The number of cyclic esters (lactones) is 1. The lowest BCUT2D eigenvalue weighted by Crippen LogP contribution is -2.34. The molecule has 0 aromatic carbocycles. The lowest BCUT2D eigenvalue weighted by Gasteiger charge is -2.25. The summed E-state index contributed by atoms with van der Waals surface area (Å²) in [5, 5.41) is 31.8. The highest BCUT2D eigenvalue weighted by Gasteiger charge is 2.35. The van der Waals surface area contributed by atoms with Crippen LogP contribution in [0.1, 0.15) is 175 Å². The number of esters is 2. The first-order chi connectivity index (χ1) is 23.1. The standard InChI is InChI=1S/C39H68O9/c1-4-5-6-7-8-9-10-11-12-13-22-35(43)37-25-26-38(48-37)36(44)28-34(47-30(3)40)21-17-16-19-32(41)18-14-15-20-33(42)24-23-31-27-29(2)46-39(31)45/h27,29,33-38,42-44H,4-26,28H2,1-3H3/t29-,33?,34?,35?,36?,37+,38+/m0/s1. The third-order valence-corrected chi connectivity index (χ3v) is 9.85. The van der Waals surface area contributed by atoms with Crippen molar-refractivity contribution in [2.24, 2.45) is 0 Å². The van der Waals surface area contributed by atoms with Crippen LogP contribution in [0, 0.1) is 0 Å². The van der Waals surface area contributed by atoms with Crippen LogP contribution < -0.4 is 0 Å². The van der Waals surface area contributed by atoms with Gasteiger partial charge >= 0.3 is 11.9 Å². The average molecular weight is 681 g/mol. The molecule has 48 heavy (non-hydrogen) atoms. The van der Waals surface area contributed by atoms with Gasteiger partial charge in [-0.3, -0.25) is 9.59 Å². The van der Waals surface area contributed by atoms with Crippen molar-refractivity contribution < 1.29 is 43.9 Å². The highest BCUT2D eigenvalue weighted by molar-refractivity contribution is 5.90. The van der Waals surface area contributed by atoms with E-state index in [2.05, 4.69) is 6.92 Å². The van der Waals surface area contributed by atoms with E-state index >= 15 is 0 Å². The molecule has 2 aliphatic rings. The number of rotatable bonds is 29. The van der Waals surface area contributed by atoms with E-state index in [0.717, 1.165) is 32.1 Å². The van der Waals surface area contributed by atoms with Gasteiger partial charge in [-0.2, -0.15) is 0 Å². The van der Waals surface area contributed by atoms with Gasteiger partial charge in [0.15, 0.2) is 0 Å². The van der Waals surface area contributed by atoms with E-state index in [1.54, 1.807) is 6.08 Å². The fraction of sp³-hybridized carbons (Fsp3) is 0.872. The molecule has 9 nitrogen and oxygen atoms in total. The molecule has 0 spiro atoms. The topological polar surface area (TPSA) is 140 Å². The van der Waals surface area contributed by atoms with Crippen LogP contribution in [0.25, 0.3) is 0 Å². The summed E-state index contributed by atoms with van der Waals surface area (Å²) in [6, 6.07) is 0. The molecular formula is C39H68O9. The van der Waals surface area contributed by atoms with Crippen molar-refractivity contribution in [3.8, 4) is 0 Å². The summed E-state index contributed by atoms with van der Waals surface area (Å²) >= 11 is 0. The number of Topliss-reactive ketones (excluding diaryl/α,β-unsaturated/α-hetero) is 1. The minimum Gasteiger partial charge on any atom is -0.462 e. The normalized spacial score (nSPS) is 21.8. The summed E-state index contributed by atoms with van der Waals surface area (Å²) in [6.45, 7) is 5.42. The van der Waals surface area contributed by atoms with Crippen LogP contribution >= 0.6 is 0 Å². The number of carbonyl (C=O) groups is 3. The van der Waals surface area contributed by atoms with Gasteiger partial charge in [0.25, 0.3) is 0 Å². The molecule has 0 saturated carbocycles. The zero-order valence-corrected chi connectivity index (χ0v) is 30.4. The summed E-state index contributed by atoms with van der Waals surface area (Å²) in [5.41, 5.74) is 0.632. The van der Waals surface area contributed by atoms with E-state index in [4.69, 9.17) is 14.2 Å². The van der Waals surface area contributed by atoms with Gasteiger partial charge < -0.3 is 29.5 Å². The molecule has 2 rings (SSSR count). The van der Waals surface area contributed by atoms with Crippen LogP contribution in [0.15, 0.2) is 11.6 Å². The molecule has 3 N–H and O–H groups in total. The molecule has 1 fully saturated rings. The molecule has 0 bridgehead atoms. The second kappa shape index (κ2) is 25.2. The maximum Gasteiger partial charge on any atom is 0.334 e. The van der Waals surface area contributed by atoms with Crippen molar-refractivity contribution in [1.82, 2.24) is 0 Å². The maximum absolute atomic E-state index is 12.4. The smallest absolute Gasteiger partial charge is 0.334 e. The number of carbonyl (C=O) groups excluding carboxylic acids is 3. The van der Waals surface area contributed by atoms with Crippen molar-refractivity contribution in [2.75, 3.05) is 0 Å². The average Bonchev–Trinajstić information content (AvgIpc) is 3.67. The van der Waals surface area contributed by atoms with E-state index in [9.17, 15) is 29.7 Å². The first kappa shape index (κ1) is 42.4. The molecule has 1 saturated heterocycles. The second-order valence-corrected chi connectivity index (χ2v) is 14.4. The number of hydrogen-bond acceptors (Lipinski definition) is 9. The Morgan fingerprint density at radius 1 is 0.792 bits per heavy atom. The third kappa shape index (κ3) is 18.8. The predicted octanol–water partition coefficient (Wildman–Crippen LogP) is 7.59. The number of ether oxygens (including phenoxy) is 3. The van der Waals surface area contributed by atoms with Gasteiger partial charge in [-0.15, -0.1) is 0 Å². The van der Waals surface area contributed by atoms with E-state index in [-0.39, 0.29) is 36.5 Å². The number of unbranched alkanes of at least 4 members (excludes halogenated alkanes) is 11. The molecule has 2 heterocycles. The molecule has 0 aromatic heterocycles. The Bertz CT molecular complexity index is 934. The Balaban J connectivity index is 1.55. The van der Waals surface area contributed by atoms with Crippen LogP contribution in [-0.4, -0.2) is 75.8 Å². The maximum atomic E-state index is 12.4. The molecule has 4 unspecified atom stereocenters. The highest BCUT2D eigenvalue weighted by Crippen LogP contribution is 2.29. The fourth-order valence-corrected chi connectivity index (χ4v) is 6.97. The Labute approximate surface area is 290 Å². The summed E-state index contributed by atoms with van der Waals surface area (Å²) in [6.07, 6.45) is 19.6. The SMILES string of the molecule is CCCCCCCCCCCCC(O)[C@H]1CC[C@H](C(O)CC(CCCCC(=O)CCCCC(O)CCC2=C[C@H](C)OC2=O)OC(C)=O)O1. The van der Waals surface area contributed by atoms with Gasteiger partial charge in [-0.05, 0) is 77.2 Å². The zero-order valence-electron chi connectivity index (χ0n) is 30.4. The summed E-state index contributed by atoms with van der Waals surface area (Å²) in [4.78, 5) is 35.8. The molecule has 0 amide bonds. The minimum absolute atomic E-state index is 0.183. The van der Waals surface area contributed by atoms with E-state index in [0.29, 0.717) is 69.8 Å². The second-order valence-electron chi connectivity index (χ2n) is 14.4. The Hall–Kier alpha value is -1.81. The summed E-state index contributed by atoms with van der Waals surface area (Å²) < 4.78 is 16.7. The zero-order chi connectivity index (χ0) is 35.1. The Kier molecular flexibility index (Phi) is 22.2. The van der Waals surface area contributed by atoms with Gasteiger partial charge in [0.2, 0.25) is 0 Å². The van der Waals surface area contributed by atoms with Crippen LogP contribution in [0.3, 0.4) is 0 Å². The summed E-state index contributed by atoms with van der Waals surface area (Å²) in [7, 11) is 0. The van der Waals surface area contributed by atoms with Crippen LogP contribution in [-0.2, 0) is 28.6 Å². The van der Waals surface area contributed by atoms with Gasteiger partial charge in [0.1, 0.15) is 18.0 Å². The molecule has 9 heteroatoms. The lowest BCUT2D eigenvalue weighted by molar-refractivity contribution is -0.150. The number of ketones is 1. The molecule has 7 atom stereocenters. The van der Waals surface area contributed by atoms with Crippen LogP contribution in [0.2, 0.25) is 0 Å². The van der Waals surface area contributed by atoms with Crippen LogP contribution in [0.5, 0.6) is 0 Å². The Morgan fingerprint density at radius 2 is 1.35 bits per heavy atom. The number of hydrogen-bond donors (Lipinski definition) is 3. The number of aliphatic hydroxyl groups excluding tert-OH is 3. The van der Waals surface area contributed by atoms with E-state index in [1.807, 2.05) is 6.92 Å². The van der Waals surface area contributed by atoms with E-state index < -0.39 is 30.4 Å². The van der Waals surface area contributed by atoms with Crippen molar-refractivity contribution in [2.45, 2.75) is 218 Å². The van der Waals surface area contributed by atoms with Crippen molar-refractivity contribution in [3.63, 3.8) is 0 Å². The van der Waals surface area contributed by atoms with Crippen molar-refractivity contribution in [3.05, 3.63) is 11.6 Å². The third-order valence-electron chi connectivity index (χ3n) is 9.85. The van der Waals surface area contributed by atoms with E-state index in [1.165, 1.54) is 58.3 Å². The lowest BCUT2D eigenvalue weighted by atomic mass is 9.98. The van der Waals surface area contributed by atoms with Crippen molar-refractivity contribution >= 4 is 17.7 Å². The van der Waals surface area contributed by atoms with Crippen molar-refractivity contribution in [1.29, 1.82) is 0 Å². The molecule has 278 valence electrons. The molecule has 0 aliphatic carbocycles. The molecular weight excluding hydrogens is 612 g/mol. The predicted molar refractivity (Wildman–Crippen MR) is 187 cm³/mol. The van der Waals surface area contributed by atoms with Gasteiger partial charge in [-0.1, -0.05) is 77.6 Å². The Morgan fingerprint density at radius 3 is 1.94 bits per heavy atom. The molecule has 0 aromatic rings. The monoisotopic (exact) mass is 680 g/mol. The largest absolute Gasteiger partial charge is 0.462 e. The highest BCUT2D eigenvalue weighted by atomic mass is 16.6. The fourth-order valence-electron chi connectivity index (χ4n) is 6.97. The van der Waals surface area contributed by atoms with Gasteiger partial charge in [-0.25, -0.2) is 4.79 Å². The molecule has 2 aliphatic heterocycles. The first-order valence-corrected chi connectivity index (χ1v) is 19.4. The number of aliphatic hydroxyl groups is 3. The quantitative estimate of drug-likeness (QED) is 0.0538.